The van der Waals surface area contributed by atoms with Crippen LogP contribution in [-0.2, 0) is 4.79 Å². The summed E-state index contributed by atoms with van der Waals surface area (Å²) in [6, 6.07) is 0.941. The summed E-state index contributed by atoms with van der Waals surface area (Å²) in [5.41, 5.74) is 5.98. The van der Waals surface area contributed by atoms with Crippen molar-refractivity contribution in [2.75, 3.05) is 26.2 Å². The van der Waals surface area contributed by atoms with E-state index in [1.807, 2.05) is 0 Å². The van der Waals surface area contributed by atoms with Gasteiger partial charge in [-0.3, -0.25) is 9.69 Å². The molecule has 1 saturated carbocycles. The van der Waals surface area contributed by atoms with E-state index in [0.29, 0.717) is 24.5 Å². The number of likely N-dealkylation sites (N-methyl/N-ethyl adjacent to an activating group) is 1. The molecule has 1 aliphatic heterocycles. The minimum Gasteiger partial charge on any atom is -0.342 e. The number of amides is 1. The topological polar surface area (TPSA) is 49.6 Å². The van der Waals surface area contributed by atoms with Crippen LogP contribution in [0.15, 0.2) is 0 Å². The second-order valence-corrected chi connectivity index (χ2v) is 6.70. The zero-order chi connectivity index (χ0) is 14.5. The number of hydrogen-bond acceptors (Lipinski definition) is 3. The fraction of sp³-hybridized carbons (Fsp3) is 0.938. The number of nitrogens with zero attached hydrogens (tertiary/aromatic N) is 2. The van der Waals surface area contributed by atoms with Crippen molar-refractivity contribution in [3.05, 3.63) is 0 Å². The maximum absolute atomic E-state index is 12.4. The van der Waals surface area contributed by atoms with Crippen molar-refractivity contribution in [2.24, 2.45) is 11.7 Å². The first kappa shape index (κ1) is 15.8. The third kappa shape index (κ3) is 4.19. The lowest BCUT2D eigenvalue weighted by Crippen LogP contribution is -2.48. The molecule has 1 amide bonds. The summed E-state index contributed by atoms with van der Waals surface area (Å²) in [7, 11) is 0. The molecule has 0 bridgehead atoms. The van der Waals surface area contributed by atoms with Crippen LogP contribution in [0.3, 0.4) is 0 Å². The second-order valence-electron chi connectivity index (χ2n) is 6.70. The van der Waals surface area contributed by atoms with Gasteiger partial charge in [0.05, 0.1) is 6.54 Å². The molecule has 1 aliphatic carbocycles. The molecule has 0 unspecified atom stereocenters. The van der Waals surface area contributed by atoms with Crippen molar-refractivity contribution in [1.82, 2.24) is 9.80 Å². The Morgan fingerprint density at radius 3 is 2.30 bits per heavy atom. The molecule has 0 radical (unpaired) electrons. The van der Waals surface area contributed by atoms with Gasteiger partial charge in [0.15, 0.2) is 0 Å². The molecule has 0 atom stereocenters. The van der Waals surface area contributed by atoms with Crippen LogP contribution in [0.25, 0.3) is 0 Å². The Kier molecular flexibility index (Phi) is 5.85. The van der Waals surface area contributed by atoms with Crippen LogP contribution in [0.1, 0.15) is 52.4 Å². The largest absolute Gasteiger partial charge is 0.342 e. The molecule has 4 heteroatoms. The number of carbonyl (C=O) groups excluding carboxylic acids is 1. The van der Waals surface area contributed by atoms with E-state index in [2.05, 4.69) is 23.6 Å². The molecular weight excluding hydrogens is 250 g/mol. The molecule has 0 aromatic heterocycles. The Morgan fingerprint density at radius 1 is 1.15 bits per heavy atom. The third-order valence-corrected chi connectivity index (χ3v) is 5.14. The molecule has 4 nitrogen and oxygen atoms in total. The lowest BCUT2D eigenvalue weighted by atomic mass is 9.90. The molecule has 0 aromatic carbocycles. The standard InChI is InChI=1S/C16H31N3O/c1-3-18(15-6-4-14(17)5-7-15)12-16(20)19-10-8-13(2)9-11-19/h13-15H,3-12,17H2,1-2H3. The van der Waals surface area contributed by atoms with E-state index in [9.17, 15) is 4.79 Å². The lowest BCUT2D eigenvalue weighted by Gasteiger charge is -2.37. The molecule has 2 fully saturated rings. The molecule has 116 valence electrons. The van der Waals surface area contributed by atoms with Crippen LogP contribution < -0.4 is 5.73 Å². The van der Waals surface area contributed by atoms with Crippen LogP contribution in [0.2, 0.25) is 0 Å². The first-order valence-electron chi connectivity index (χ1n) is 8.37. The molecule has 1 heterocycles. The molecule has 2 N–H and O–H groups in total. The zero-order valence-electron chi connectivity index (χ0n) is 13.2. The van der Waals surface area contributed by atoms with Crippen molar-refractivity contribution in [3.8, 4) is 0 Å². The number of piperidine rings is 1. The molecular formula is C16H31N3O. The van der Waals surface area contributed by atoms with Crippen LogP contribution >= 0.6 is 0 Å². The molecule has 2 rings (SSSR count). The number of likely N-dealkylation sites (tertiary alicyclic amines) is 1. The van der Waals surface area contributed by atoms with Crippen molar-refractivity contribution >= 4 is 5.91 Å². The lowest BCUT2D eigenvalue weighted by molar-refractivity contribution is -0.134. The van der Waals surface area contributed by atoms with Gasteiger partial charge in [-0.15, -0.1) is 0 Å². The normalized spacial score (nSPS) is 28.9. The van der Waals surface area contributed by atoms with Crippen molar-refractivity contribution in [2.45, 2.75) is 64.5 Å². The Hall–Kier alpha value is -0.610. The smallest absolute Gasteiger partial charge is 0.236 e. The maximum atomic E-state index is 12.4. The van der Waals surface area contributed by atoms with E-state index in [0.717, 1.165) is 64.1 Å². The van der Waals surface area contributed by atoms with Gasteiger partial charge < -0.3 is 10.6 Å². The average molecular weight is 281 g/mol. The van der Waals surface area contributed by atoms with Gasteiger partial charge in [-0.2, -0.15) is 0 Å². The highest BCUT2D eigenvalue weighted by Gasteiger charge is 2.27. The Morgan fingerprint density at radius 2 is 1.75 bits per heavy atom. The summed E-state index contributed by atoms with van der Waals surface area (Å²) in [5, 5.41) is 0. The molecule has 0 aromatic rings. The molecule has 2 aliphatic rings. The van der Waals surface area contributed by atoms with E-state index < -0.39 is 0 Å². The highest BCUT2D eigenvalue weighted by Crippen LogP contribution is 2.22. The first-order valence-corrected chi connectivity index (χ1v) is 8.37. The van der Waals surface area contributed by atoms with Gasteiger partial charge in [0, 0.05) is 25.2 Å². The minimum absolute atomic E-state index is 0.327. The Balaban J connectivity index is 1.81. The number of rotatable bonds is 4. The fourth-order valence-corrected chi connectivity index (χ4v) is 3.50. The quantitative estimate of drug-likeness (QED) is 0.855. The zero-order valence-corrected chi connectivity index (χ0v) is 13.2. The van der Waals surface area contributed by atoms with Crippen LogP contribution in [0.4, 0.5) is 0 Å². The first-order chi connectivity index (χ1) is 9.60. The second kappa shape index (κ2) is 7.41. The Bertz CT molecular complexity index is 305. The van der Waals surface area contributed by atoms with Gasteiger partial charge in [-0.05, 0) is 51.0 Å². The summed E-state index contributed by atoms with van der Waals surface area (Å²) in [5.74, 6) is 1.11. The fourth-order valence-electron chi connectivity index (χ4n) is 3.50. The van der Waals surface area contributed by atoms with Crippen LogP contribution in [-0.4, -0.2) is 54.0 Å². The van der Waals surface area contributed by atoms with E-state index in [-0.39, 0.29) is 0 Å². The molecule has 20 heavy (non-hydrogen) atoms. The van der Waals surface area contributed by atoms with Gasteiger partial charge in [0.25, 0.3) is 0 Å². The number of carbonyl (C=O) groups is 1. The third-order valence-electron chi connectivity index (χ3n) is 5.14. The van der Waals surface area contributed by atoms with Gasteiger partial charge in [-0.25, -0.2) is 0 Å². The highest BCUT2D eigenvalue weighted by atomic mass is 16.2. The monoisotopic (exact) mass is 281 g/mol. The average Bonchev–Trinajstić information content (AvgIpc) is 2.46. The van der Waals surface area contributed by atoms with E-state index in [4.69, 9.17) is 5.73 Å². The van der Waals surface area contributed by atoms with Crippen molar-refractivity contribution in [1.29, 1.82) is 0 Å². The van der Waals surface area contributed by atoms with Crippen LogP contribution in [0.5, 0.6) is 0 Å². The summed E-state index contributed by atoms with van der Waals surface area (Å²) in [6.07, 6.45) is 6.85. The predicted molar refractivity (Wildman–Crippen MR) is 82.5 cm³/mol. The van der Waals surface area contributed by atoms with Gasteiger partial charge in [0.1, 0.15) is 0 Å². The Labute approximate surface area is 123 Å². The summed E-state index contributed by atoms with van der Waals surface area (Å²) < 4.78 is 0. The van der Waals surface area contributed by atoms with Crippen molar-refractivity contribution in [3.63, 3.8) is 0 Å². The van der Waals surface area contributed by atoms with Crippen LogP contribution in [0, 0.1) is 5.92 Å². The van der Waals surface area contributed by atoms with Gasteiger partial charge in [-0.1, -0.05) is 13.8 Å². The predicted octanol–water partition coefficient (Wildman–Crippen LogP) is 1.84. The summed E-state index contributed by atoms with van der Waals surface area (Å²) in [6.45, 7) is 7.92. The summed E-state index contributed by atoms with van der Waals surface area (Å²) in [4.78, 5) is 16.9. The molecule has 0 spiro atoms. The van der Waals surface area contributed by atoms with Gasteiger partial charge in [0.2, 0.25) is 5.91 Å². The van der Waals surface area contributed by atoms with E-state index in [1.54, 1.807) is 0 Å². The van der Waals surface area contributed by atoms with E-state index >= 15 is 0 Å². The number of nitrogens with two attached hydrogens (primary N) is 1. The highest BCUT2D eigenvalue weighted by molar-refractivity contribution is 5.78. The van der Waals surface area contributed by atoms with E-state index in [1.165, 1.54) is 0 Å². The minimum atomic E-state index is 0.327. The molecule has 1 saturated heterocycles. The van der Waals surface area contributed by atoms with Crippen molar-refractivity contribution < 1.29 is 4.79 Å². The number of hydrogen-bond donors (Lipinski definition) is 1. The summed E-state index contributed by atoms with van der Waals surface area (Å²) >= 11 is 0. The SMILES string of the molecule is CCN(CC(=O)N1CCC(C)CC1)C1CCC(N)CC1. The maximum Gasteiger partial charge on any atom is 0.236 e. The van der Waals surface area contributed by atoms with Gasteiger partial charge >= 0.3 is 0 Å².